The highest BCUT2D eigenvalue weighted by Gasteiger charge is 2.05. The average Bonchev–Trinajstić information content (AvgIpc) is 2.38. The molecule has 0 spiro atoms. The van der Waals surface area contributed by atoms with Gasteiger partial charge in [0.15, 0.2) is 16.7 Å². The van der Waals surface area contributed by atoms with Crippen molar-refractivity contribution in [1.29, 1.82) is 0 Å². The first kappa shape index (κ1) is 13.3. The van der Waals surface area contributed by atoms with Crippen molar-refractivity contribution in [2.75, 3.05) is 12.4 Å². The molecule has 0 aliphatic carbocycles. The lowest BCUT2D eigenvalue weighted by atomic mass is 10.0. The fraction of sp³-hybridized carbons (Fsp3) is 0.0714. The average molecular weight is 276 g/mol. The first-order chi connectivity index (χ1) is 9.10. The van der Waals surface area contributed by atoms with E-state index in [1.807, 2.05) is 24.3 Å². The number of hydrogen-bond acceptors (Lipinski definition) is 2. The fourth-order valence-electron chi connectivity index (χ4n) is 1.76. The Labute approximate surface area is 116 Å². The topological polar surface area (TPSA) is 47.3 Å². The molecule has 0 bridgehead atoms. The van der Waals surface area contributed by atoms with Crippen LogP contribution in [-0.4, -0.2) is 12.2 Å². The summed E-state index contributed by atoms with van der Waals surface area (Å²) in [4.78, 5) is 0. The van der Waals surface area contributed by atoms with Gasteiger partial charge in [-0.25, -0.2) is 4.39 Å². The van der Waals surface area contributed by atoms with E-state index in [2.05, 4.69) is 5.32 Å². The van der Waals surface area contributed by atoms with Crippen LogP contribution in [0.5, 0.6) is 5.75 Å². The van der Waals surface area contributed by atoms with Crippen LogP contribution in [0.3, 0.4) is 0 Å². The first-order valence-corrected chi connectivity index (χ1v) is 6.01. The molecular weight excluding hydrogens is 263 g/mol. The third-order valence-corrected chi connectivity index (χ3v) is 2.72. The highest BCUT2D eigenvalue weighted by Crippen LogP contribution is 2.27. The standard InChI is InChI=1S/C14H13FN2OS/c1-18-13-6-5-10(8-12(13)15)9-3-2-4-11(7-9)17-14(16)19/h2-8H,1H3,(H3,16,17,19). The molecular formula is C14H13FN2OS. The van der Waals surface area contributed by atoms with Crippen molar-refractivity contribution >= 4 is 23.0 Å². The van der Waals surface area contributed by atoms with E-state index in [9.17, 15) is 4.39 Å². The zero-order valence-electron chi connectivity index (χ0n) is 10.3. The largest absolute Gasteiger partial charge is 0.494 e. The number of halogens is 1. The van der Waals surface area contributed by atoms with Gasteiger partial charge in [-0.1, -0.05) is 18.2 Å². The monoisotopic (exact) mass is 276 g/mol. The van der Waals surface area contributed by atoms with Crippen molar-refractivity contribution in [3.8, 4) is 16.9 Å². The molecule has 0 heterocycles. The summed E-state index contributed by atoms with van der Waals surface area (Å²) in [6.45, 7) is 0. The van der Waals surface area contributed by atoms with Crippen molar-refractivity contribution in [3.05, 3.63) is 48.3 Å². The molecule has 0 unspecified atom stereocenters. The van der Waals surface area contributed by atoms with Gasteiger partial charge >= 0.3 is 0 Å². The second-order valence-electron chi connectivity index (χ2n) is 3.92. The number of rotatable bonds is 3. The number of thiocarbonyl (C=S) groups is 1. The number of benzene rings is 2. The zero-order valence-corrected chi connectivity index (χ0v) is 11.1. The van der Waals surface area contributed by atoms with Gasteiger partial charge in [-0.2, -0.15) is 0 Å². The molecule has 0 fully saturated rings. The minimum absolute atomic E-state index is 0.193. The van der Waals surface area contributed by atoms with Crippen LogP contribution >= 0.6 is 12.2 Å². The van der Waals surface area contributed by atoms with Crippen LogP contribution in [0.15, 0.2) is 42.5 Å². The maximum absolute atomic E-state index is 13.7. The first-order valence-electron chi connectivity index (χ1n) is 5.60. The van der Waals surface area contributed by atoms with E-state index < -0.39 is 5.82 Å². The number of nitrogens with one attached hydrogen (secondary N) is 1. The molecule has 3 N–H and O–H groups in total. The smallest absolute Gasteiger partial charge is 0.168 e. The molecule has 2 aromatic carbocycles. The molecule has 19 heavy (non-hydrogen) atoms. The molecule has 0 saturated carbocycles. The second-order valence-corrected chi connectivity index (χ2v) is 4.36. The van der Waals surface area contributed by atoms with Crippen LogP contribution in [0.2, 0.25) is 0 Å². The van der Waals surface area contributed by atoms with E-state index in [4.69, 9.17) is 22.7 Å². The summed E-state index contributed by atoms with van der Waals surface area (Å²) in [5, 5.41) is 3.04. The Balaban J connectivity index is 2.36. The minimum atomic E-state index is -0.396. The number of anilines is 1. The van der Waals surface area contributed by atoms with Gasteiger partial charge in [0.1, 0.15) is 0 Å². The highest BCUT2D eigenvalue weighted by molar-refractivity contribution is 7.80. The van der Waals surface area contributed by atoms with Gasteiger partial charge in [0.25, 0.3) is 0 Å². The highest BCUT2D eigenvalue weighted by atomic mass is 32.1. The number of nitrogens with two attached hydrogens (primary N) is 1. The molecule has 0 atom stereocenters. The molecule has 2 rings (SSSR count). The molecule has 2 aromatic rings. The van der Waals surface area contributed by atoms with E-state index in [1.165, 1.54) is 13.2 Å². The summed E-state index contributed by atoms with van der Waals surface area (Å²) in [7, 11) is 1.44. The van der Waals surface area contributed by atoms with Gasteiger partial charge in [-0.05, 0) is 47.6 Å². The lowest BCUT2D eigenvalue weighted by Crippen LogP contribution is -2.18. The third kappa shape index (κ3) is 3.20. The predicted molar refractivity (Wildman–Crippen MR) is 78.8 cm³/mol. The van der Waals surface area contributed by atoms with Gasteiger partial charge in [0.05, 0.1) is 7.11 Å². The summed E-state index contributed by atoms with van der Waals surface area (Å²) in [5.41, 5.74) is 7.80. The number of hydrogen-bond donors (Lipinski definition) is 2. The van der Waals surface area contributed by atoms with Crippen molar-refractivity contribution in [3.63, 3.8) is 0 Å². The van der Waals surface area contributed by atoms with Crippen molar-refractivity contribution in [2.45, 2.75) is 0 Å². The summed E-state index contributed by atoms with van der Waals surface area (Å²) >= 11 is 4.78. The molecule has 0 saturated heterocycles. The van der Waals surface area contributed by atoms with Gasteiger partial charge in [0, 0.05) is 5.69 Å². The Morgan fingerprint density at radius 1 is 1.21 bits per heavy atom. The molecule has 0 aliphatic rings. The summed E-state index contributed by atoms with van der Waals surface area (Å²) < 4.78 is 18.6. The predicted octanol–water partition coefficient (Wildman–Crippen LogP) is 3.16. The van der Waals surface area contributed by atoms with Crippen LogP contribution in [0.4, 0.5) is 10.1 Å². The number of methoxy groups -OCH3 is 1. The molecule has 5 heteroatoms. The van der Waals surface area contributed by atoms with E-state index in [0.717, 1.165) is 16.8 Å². The van der Waals surface area contributed by atoms with Crippen LogP contribution in [0, 0.1) is 5.82 Å². The van der Waals surface area contributed by atoms with E-state index in [0.29, 0.717) is 0 Å². The molecule has 98 valence electrons. The second kappa shape index (κ2) is 5.67. The molecule has 0 radical (unpaired) electrons. The van der Waals surface area contributed by atoms with Crippen molar-refractivity contribution in [2.24, 2.45) is 5.73 Å². The third-order valence-electron chi connectivity index (χ3n) is 2.62. The lowest BCUT2D eigenvalue weighted by molar-refractivity contribution is 0.386. The van der Waals surface area contributed by atoms with Gasteiger partial charge in [-0.15, -0.1) is 0 Å². The van der Waals surface area contributed by atoms with Crippen molar-refractivity contribution in [1.82, 2.24) is 0 Å². The quantitative estimate of drug-likeness (QED) is 0.845. The Morgan fingerprint density at radius 2 is 1.95 bits per heavy atom. The summed E-state index contributed by atoms with van der Waals surface area (Å²) in [5.74, 6) is -0.172. The maximum Gasteiger partial charge on any atom is 0.168 e. The molecule has 3 nitrogen and oxygen atoms in total. The van der Waals surface area contributed by atoms with Crippen LogP contribution < -0.4 is 15.8 Å². The number of ether oxygens (including phenoxy) is 1. The molecule has 0 aromatic heterocycles. The zero-order chi connectivity index (χ0) is 13.8. The van der Waals surface area contributed by atoms with Gasteiger partial charge in [0.2, 0.25) is 0 Å². The molecule has 0 amide bonds. The Kier molecular flexibility index (Phi) is 3.97. The van der Waals surface area contributed by atoms with Gasteiger partial charge < -0.3 is 15.8 Å². The SMILES string of the molecule is COc1ccc(-c2cccc(NC(N)=S)c2)cc1F. The van der Waals surface area contributed by atoms with Crippen LogP contribution in [-0.2, 0) is 0 Å². The lowest BCUT2D eigenvalue weighted by Gasteiger charge is -2.08. The van der Waals surface area contributed by atoms with E-state index >= 15 is 0 Å². The van der Waals surface area contributed by atoms with Crippen LogP contribution in [0.1, 0.15) is 0 Å². The Bertz CT molecular complexity index is 616. The maximum atomic E-state index is 13.7. The molecule has 0 aliphatic heterocycles. The minimum Gasteiger partial charge on any atom is -0.494 e. The van der Waals surface area contributed by atoms with Gasteiger partial charge in [-0.3, -0.25) is 0 Å². The Hall–Kier alpha value is -2.14. The van der Waals surface area contributed by atoms with E-state index in [1.54, 1.807) is 12.1 Å². The summed E-state index contributed by atoms with van der Waals surface area (Å²) in [6.07, 6.45) is 0. The Morgan fingerprint density at radius 3 is 2.58 bits per heavy atom. The van der Waals surface area contributed by atoms with Crippen molar-refractivity contribution < 1.29 is 9.13 Å². The summed E-state index contributed by atoms with van der Waals surface area (Å²) in [6, 6.07) is 12.2. The van der Waals surface area contributed by atoms with E-state index in [-0.39, 0.29) is 10.9 Å². The van der Waals surface area contributed by atoms with Crippen LogP contribution in [0.25, 0.3) is 11.1 Å². The normalized spacial score (nSPS) is 10.0. The fourth-order valence-corrected chi connectivity index (χ4v) is 1.88.